The lowest BCUT2D eigenvalue weighted by molar-refractivity contribution is -0.137. The van der Waals surface area contributed by atoms with Gasteiger partial charge in [-0.15, -0.1) is 0 Å². The normalized spacial score (nSPS) is 10.1. The second-order valence-electron chi connectivity index (χ2n) is 8.20. The van der Waals surface area contributed by atoms with Crippen molar-refractivity contribution in [2.75, 3.05) is 13.2 Å². The summed E-state index contributed by atoms with van der Waals surface area (Å²) < 4.78 is 16.3. The van der Waals surface area contributed by atoms with Crippen LogP contribution in [0.2, 0.25) is 0 Å². The first-order valence-electron chi connectivity index (χ1n) is 12.4. The number of hydrogen-bond acceptors (Lipinski definition) is 4. The number of carbonyl (C=O) groups is 1. The molecule has 0 aromatic heterocycles. The zero-order valence-corrected chi connectivity index (χ0v) is 20.5. The highest BCUT2D eigenvalue weighted by Crippen LogP contribution is 2.18. The highest BCUT2D eigenvalue weighted by molar-refractivity contribution is 5.81. The molecule has 0 heterocycles. The van der Waals surface area contributed by atoms with Crippen molar-refractivity contribution in [2.24, 2.45) is 0 Å². The highest BCUT2D eigenvalue weighted by atomic mass is 16.5. The molecule has 0 atom stereocenters. The van der Waals surface area contributed by atoms with Crippen LogP contribution >= 0.6 is 0 Å². The van der Waals surface area contributed by atoms with E-state index < -0.39 is 0 Å². The first-order chi connectivity index (χ1) is 16.7. The first kappa shape index (κ1) is 27.0. The van der Waals surface area contributed by atoms with Crippen LogP contribution in [0.15, 0.2) is 73.2 Å². The van der Waals surface area contributed by atoms with Crippen molar-refractivity contribution in [1.82, 2.24) is 0 Å². The third-order valence-corrected chi connectivity index (χ3v) is 5.35. The number of benzene rings is 2. The molecular formula is C30H38O4. The second kappa shape index (κ2) is 17.3. The molecule has 0 saturated carbocycles. The predicted molar refractivity (Wildman–Crippen MR) is 139 cm³/mol. The molecule has 0 aliphatic carbocycles. The fourth-order valence-corrected chi connectivity index (χ4v) is 3.36. The van der Waals surface area contributed by atoms with Crippen molar-refractivity contribution < 1.29 is 19.0 Å². The molecule has 2 rings (SSSR count). The summed E-state index contributed by atoms with van der Waals surface area (Å²) in [6.45, 7) is 6.81. The van der Waals surface area contributed by atoms with E-state index in [2.05, 4.69) is 43.5 Å². The van der Waals surface area contributed by atoms with Gasteiger partial charge in [-0.3, -0.25) is 0 Å². The molecule has 4 heteroatoms. The number of aryl methyl sites for hydroxylation is 1. The predicted octanol–water partition coefficient (Wildman–Crippen LogP) is 7.68. The van der Waals surface area contributed by atoms with Crippen LogP contribution in [0.4, 0.5) is 0 Å². The molecule has 0 fully saturated rings. The molecule has 0 spiro atoms. The smallest absolute Gasteiger partial charge is 0.330 e. The van der Waals surface area contributed by atoms with Gasteiger partial charge in [0.25, 0.3) is 0 Å². The Bertz CT molecular complexity index is 890. The van der Waals surface area contributed by atoms with Gasteiger partial charge in [0.1, 0.15) is 17.8 Å². The number of carbonyl (C=O) groups excluding carboxylic acids is 1. The van der Waals surface area contributed by atoms with Crippen LogP contribution in [-0.2, 0) is 16.0 Å². The Morgan fingerprint density at radius 1 is 0.853 bits per heavy atom. The maximum absolute atomic E-state index is 11.0. The van der Waals surface area contributed by atoms with Gasteiger partial charge >= 0.3 is 5.97 Å². The minimum absolute atomic E-state index is 0.338. The van der Waals surface area contributed by atoms with E-state index in [0.717, 1.165) is 62.2 Å². The van der Waals surface area contributed by atoms with Gasteiger partial charge in [-0.2, -0.15) is 0 Å². The van der Waals surface area contributed by atoms with Crippen LogP contribution in [0.3, 0.4) is 0 Å². The van der Waals surface area contributed by atoms with E-state index in [9.17, 15) is 4.79 Å². The first-order valence-corrected chi connectivity index (χ1v) is 12.4. The van der Waals surface area contributed by atoms with Crippen molar-refractivity contribution in [3.63, 3.8) is 0 Å². The number of hydrogen-bond donors (Lipinski definition) is 0. The largest absolute Gasteiger partial charge is 0.494 e. The minimum atomic E-state index is -0.338. The van der Waals surface area contributed by atoms with Crippen LogP contribution in [-0.4, -0.2) is 19.2 Å². The summed E-state index contributed by atoms with van der Waals surface area (Å²) >= 11 is 0. The van der Waals surface area contributed by atoms with Crippen LogP contribution in [0.5, 0.6) is 11.5 Å². The quantitative estimate of drug-likeness (QED) is 0.0795. The number of ether oxygens (including phenoxy) is 3. The lowest BCUT2D eigenvalue weighted by Gasteiger charge is -2.06. The monoisotopic (exact) mass is 462 g/mol. The molecule has 0 unspecified atom stereocenters. The molecule has 0 amide bonds. The molecule has 0 saturated heterocycles. The standard InChI is InChI=1S/C30H38O4/c1-3-5-10-23-32-28-19-21-29(22-20-28)33-25-12-14-27-17-15-26(16-18-27)13-9-7-6-8-11-24-34-30(31)4-2/h4,14-22,25H,2-3,5-11,13,23-24H2,1H3. The molecule has 0 N–H and O–H groups in total. The Morgan fingerprint density at radius 2 is 1.53 bits per heavy atom. The van der Waals surface area contributed by atoms with Crippen molar-refractivity contribution in [1.29, 1.82) is 0 Å². The number of rotatable bonds is 17. The van der Waals surface area contributed by atoms with Gasteiger partial charge in [0.05, 0.1) is 13.2 Å². The Morgan fingerprint density at radius 3 is 2.26 bits per heavy atom. The average molecular weight is 463 g/mol. The van der Waals surface area contributed by atoms with E-state index in [1.54, 1.807) is 6.26 Å². The Hall–Kier alpha value is -3.23. The topological polar surface area (TPSA) is 44.8 Å². The SMILES string of the molecule is C=CC(=O)OCCCCCCCc1ccc(C=C=COc2ccc(OCCCCC)cc2)cc1. The molecule has 2 aromatic carbocycles. The summed E-state index contributed by atoms with van der Waals surface area (Å²) in [5.41, 5.74) is 5.51. The highest BCUT2D eigenvalue weighted by Gasteiger charge is 1.98. The van der Waals surface area contributed by atoms with Gasteiger partial charge in [-0.25, -0.2) is 4.79 Å². The van der Waals surface area contributed by atoms with Gasteiger partial charge < -0.3 is 14.2 Å². The van der Waals surface area contributed by atoms with Crippen molar-refractivity contribution >= 4 is 12.0 Å². The lowest BCUT2D eigenvalue weighted by Crippen LogP contribution is -2.01. The molecule has 182 valence electrons. The van der Waals surface area contributed by atoms with E-state index in [0.29, 0.717) is 6.61 Å². The van der Waals surface area contributed by atoms with Gasteiger partial charge in [0.2, 0.25) is 0 Å². The molecule has 34 heavy (non-hydrogen) atoms. The maximum atomic E-state index is 11.0. The summed E-state index contributed by atoms with van der Waals surface area (Å²) in [7, 11) is 0. The molecule has 2 aromatic rings. The Labute approximate surface area is 204 Å². The van der Waals surface area contributed by atoms with Crippen molar-refractivity contribution in [3.05, 3.63) is 84.3 Å². The molecule has 0 bridgehead atoms. The molecule has 0 radical (unpaired) electrons. The van der Waals surface area contributed by atoms with E-state index >= 15 is 0 Å². The zero-order chi connectivity index (χ0) is 24.3. The molecule has 0 aliphatic heterocycles. The summed E-state index contributed by atoms with van der Waals surface area (Å²) in [5, 5.41) is 0. The van der Waals surface area contributed by atoms with Crippen LogP contribution in [0.25, 0.3) is 6.08 Å². The van der Waals surface area contributed by atoms with Crippen LogP contribution < -0.4 is 9.47 Å². The fraction of sp³-hybridized carbons (Fsp3) is 0.400. The van der Waals surface area contributed by atoms with Gasteiger partial charge in [-0.1, -0.05) is 75.6 Å². The van der Waals surface area contributed by atoms with Gasteiger partial charge in [0, 0.05) is 6.08 Å². The summed E-state index contributed by atoms with van der Waals surface area (Å²) in [6, 6.07) is 16.2. The van der Waals surface area contributed by atoms with Crippen molar-refractivity contribution in [3.8, 4) is 11.5 Å². The number of esters is 1. The van der Waals surface area contributed by atoms with Crippen molar-refractivity contribution in [2.45, 2.75) is 64.7 Å². The van der Waals surface area contributed by atoms with E-state index in [-0.39, 0.29) is 5.97 Å². The Balaban J connectivity index is 1.61. The van der Waals surface area contributed by atoms with E-state index in [4.69, 9.17) is 14.2 Å². The molecular weight excluding hydrogens is 424 g/mol. The lowest BCUT2D eigenvalue weighted by atomic mass is 10.0. The third kappa shape index (κ3) is 12.1. The van der Waals surface area contributed by atoms with E-state index in [1.165, 1.54) is 30.9 Å². The number of unbranched alkanes of at least 4 members (excludes halogenated alkanes) is 6. The van der Waals surface area contributed by atoms with Gasteiger partial charge in [0.15, 0.2) is 0 Å². The van der Waals surface area contributed by atoms with Gasteiger partial charge in [-0.05, 0) is 67.2 Å². The molecule has 4 nitrogen and oxygen atoms in total. The molecule has 0 aliphatic rings. The zero-order valence-electron chi connectivity index (χ0n) is 20.5. The maximum Gasteiger partial charge on any atom is 0.330 e. The summed E-state index contributed by atoms with van der Waals surface area (Å²) in [4.78, 5) is 11.0. The second-order valence-corrected chi connectivity index (χ2v) is 8.20. The minimum Gasteiger partial charge on any atom is -0.494 e. The Kier molecular flexibility index (Phi) is 13.7. The summed E-state index contributed by atoms with van der Waals surface area (Å²) in [6.07, 6.45) is 14.7. The van der Waals surface area contributed by atoms with E-state index in [1.807, 2.05) is 30.3 Å². The third-order valence-electron chi connectivity index (χ3n) is 5.35. The van der Waals surface area contributed by atoms with Crippen LogP contribution in [0, 0.1) is 0 Å². The summed E-state index contributed by atoms with van der Waals surface area (Å²) in [5.74, 6) is 1.29. The van der Waals surface area contributed by atoms with Crippen LogP contribution in [0.1, 0.15) is 69.4 Å². The average Bonchev–Trinajstić information content (AvgIpc) is 2.87. The fourth-order valence-electron chi connectivity index (χ4n) is 3.36.